The second-order valence-corrected chi connectivity index (χ2v) is 5.96. The van der Waals surface area contributed by atoms with E-state index < -0.39 is 5.97 Å². The van der Waals surface area contributed by atoms with Crippen molar-refractivity contribution in [1.82, 2.24) is 4.90 Å². The predicted octanol–water partition coefficient (Wildman–Crippen LogP) is 2.49. The predicted molar refractivity (Wildman–Crippen MR) is 87.2 cm³/mol. The van der Waals surface area contributed by atoms with Crippen molar-refractivity contribution in [3.05, 3.63) is 35.9 Å². The van der Waals surface area contributed by atoms with Crippen LogP contribution in [0.1, 0.15) is 37.7 Å². The van der Waals surface area contributed by atoms with Gasteiger partial charge in [-0.3, -0.25) is 9.59 Å². The highest BCUT2D eigenvalue weighted by Gasteiger charge is 2.23. The molecule has 5 nitrogen and oxygen atoms in total. The molecule has 1 aliphatic rings. The summed E-state index contributed by atoms with van der Waals surface area (Å²) in [6.45, 7) is 1.87. The first-order chi connectivity index (χ1) is 11.1. The third-order valence-electron chi connectivity index (χ3n) is 4.12. The Morgan fingerprint density at radius 1 is 1.17 bits per heavy atom. The molecule has 1 amide bonds. The van der Waals surface area contributed by atoms with E-state index >= 15 is 0 Å². The van der Waals surface area contributed by atoms with E-state index in [0.29, 0.717) is 39.0 Å². The summed E-state index contributed by atoms with van der Waals surface area (Å²) in [6, 6.07) is 10.3. The maximum absolute atomic E-state index is 12.2. The van der Waals surface area contributed by atoms with Gasteiger partial charge in [0.15, 0.2) is 0 Å². The highest BCUT2D eigenvalue weighted by atomic mass is 16.5. The summed E-state index contributed by atoms with van der Waals surface area (Å²) in [6.07, 6.45) is 3.71. The van der Waals surface area contributed by atoms with E-state index in [1.807, 2.05) is 23.1 Å². The number of nitrogens with zero attached hydrogens (tertiary/aromatic N) is 1. The fourth-order valence-electron chi connectivity index (χ4n) is 2.80. The second kappa shape index (κ2) is 9.30. The number of morpholine rings is 1. The molecule has 0 bridgehead atoms. The Kier molecular flexibility index (Phi) is 7.07. The number of ether oxygens (including phenoxy) is 1. The molecule has 0 aromatic heterocycles. The highest BCUT2D eigenvalue weighted by molar-refractivity contribution is 5.76. The smallest absolute Gasteiger partial charge is 0.303 e. The third-order valence-corrected chi connectivity index (χ3v) is 4.12. The largest absolute Gasteiger partial charge is 0.481 e. The van der Waals surface area contributed by atoms with Crippen molar-refractivity contribution < 1.29 is 19.4 Å². The molecule has 0 aliphatic carbocycles. The SMILES string of the molecule is O=C(O)CCCCC(=O)N1CCOC(CCc2ccccc2)C1. The van der Waals surface area contributed by atoms with Gasteiger partial charge in [-0.1, -0.05) is 30.3 Å². The van der Waals surface area contributed by atoms with Crippen LogP contribution in [0.4, 0.5) is 0 Å². The van der Waals surface area contributed by atoms with E-state index in [9.17, 15) is 9.59 Å². The number of aryl methyl sites for hydroxylation is 1. The number of rotatable bonds is 8. The van der Waals surface area contributed by atoms with Gasteiger partial charge >= 0.3 is 5.97 Å². The van der Waals surface area contributed by atoms with Gasteiger partial charge in [0.25, 0.3) is 0 Å². The molecule has 1 saturated heterocycles. The average Bonchev–Trinajstić information content (AvgIpc) is 2.58. The van der Waals surface area contributed by atoms with Crippen LogP contribution >= 0.6 is 0 Å². The summed E-state index contributed by atoms with van der Waals surface area (Å²) in [4.78, 5) is 24.5. The zero-order valence-corrected chi connectivity index (χ0v) is 13.4. The van der Waals surface area contributed by atoms with Crippen molar-refractivity contribution in [3.63, 3.8) is 0 Å². The molecule has 23 heavy (non-hydrogen) atoms. The molecular formula is C18H25NO4. The van der Waals surface area contributed by atoms with Crippen molar-refractivity contribution in [2.24, 2.45) is 0 Å². The molecule has 1 unspecified atom stereocenters. The van der Waals surface area contributed by atoms with Crippen LogP contribution in [0, 0.1) is 0 Å². The van der Waals surface area contributed by atoms with Gasteiger partial charge < -0.3 is 14.7 Å². The number of hydrogen-bond acceptors (Lipinski definition) is 3. The van der Waals surface area contributed by atoms with Gasteiger partial charge in [-0.25, -0.2) is 0 Å². The zero-order valence-electron chi connectivity index (χ0n) is 13.4. The van der Waals surface area contributed by atoms with Crippen LogP contribution in [-0.4, -0.2) is 47.7 Å². The van der Waals surface area contributed by atoms with Crippen molar-refractivity contribution in [3.8, 4) is 0 Å². The molecule has 2 rings (SSSR count). The summed E-state index contributed by atoms with van der Waals surface area (Å²) >= 11 is 0. The van der Waals surface area contributed by atoms with Crippen LogP contribution in [0.2, 0.25) is 0 Å². The summed E-state index contributed by atoms with van der Waals surface area (Å²) in [5, 5.41) is 8.60. The number of carboxylic acid groups (broad SMARTS) is 1. The molecule has 1 atom stereocenters. The molecule has 5 heteroatoms. The van der Waals surface area contributed by atoms with E-state index in [-0.39, 0.29) is 18.4 Å². The number of aliphatic carboxylic acids is 1. The minimum atomic E-state index is -0.801. The molecule has 0 spiro atoms. The Hall–Kier alpha value is -1.88. The number of carbonyl (C=O) groups is 2. The van der Waals surface area contributed by atoms with Crippen LogP contribution in [-0.2, 0) is 20.7 Å². The Morgan fingerprint density at radius 3 is 2.65 bits per heavy atom. The van der Waals surface area contributed by atoms with Crippen molar-refractivity contribution in [2.45, 2.75) is 44.6 Å². The van der Waals surface area contributed by atoms with Crippen LogP contribution in [0.3, 0.4) is 0 Å². The second-order valence-electron chi connectivity index (χ2n) is 5.96. The van der Waals surface area contributed by atoms with Gasteiger partial charge in [-0.2, -0.15) is 0 Å². The van der Waals surface area contributed by atoms with Gasteiger partial charge in [0.05, 0.1) is 12.7 Å². The summed E-state index contributed by atoms with van der Waals surface area (Å²) < 4.78 is 5.77. The van der Waals surface area contributed by atoms with E-state index in [0.717, 1.165) is 12.8 Å². The molecule has 126 valence electrons. The molecule has 1 fully saturated rings. The first kappa shape index (κ1) is 17.5. The fourth-order valence-corrected chi connectivity index (χ4v) is 2.80. The topological polar surface area (TPSA) is 66.8 Å². The normalized spacial score (nSPS) is 17.9. The van der Waals surface area contributed by atoms with E-state index in [1.54, 1.807) is 0 Å². The summed E-state index contributed by atoms with van der Waals surface area (Å²) in [5.41, 5.74) is 1.29. The molecule has 1 N–H and O–H groups in total. The van der Waals surface area contributed by atoms with E-state index in [2.05, 4.69) is 12.1 Å². The molecule has 0 radical (unpaired) electrons. The number of benzene rings is 1. The van der Waals surface area contributed by atoms with Crippen molar-refractivity contribution >= 4 is 11.9 Å². The Balaban J connectivity index is 1.70. The van der Waals surface area contributed by atoms with E-state index in [1.165, 1.54) is 5.56 Å². The minimum Gasteiger partial charge on any atom is -0.481 e. The Labute approximate surface area is 137 Å². The number of carbonyl (C=O) groups excluding carboxylic acids is 1. The van der Waals surface area contributed by atoms with Crippen LogP contribution in [0.15, 0.2) is 30.3 Å². The third kappa shape index (κ3) is 6.40. The van der Waals surface area contributed by atoms with Crippen LogP contribution in [0.25, 0.3) is 0 Å². The van der Waals surface area contributed by atoms with Crippen molar-refractivity contribution in [1.29, 1.82) is 0 Å². The number of hydrogen-bond donors (Lipinski definition) is 1. The molecular weight excluding hydrogens is 294 g/mol. The summed E-state index contributed by atoms with van der Waals surface area (Å²) in [7, 11) is 0. The first-order valence-electron chi connectivity index (χ1n) is 8.30. The van der Waals surface area contributed by atoms with Gasteiger partial charge in [-0.05, 0) is 31.2 Å². The fraction of sp³-hybridized carbons (Fsp3) is 0.556. The number of carboxylic acids is 1. The van der Waals surface area contributed by atoms with Gasteiger partial charge in [0.2, 0.25) is 5.91 Å². The monoisotopic (exact) mass is 319 g/mol. The lowest BCUT2D eigenvalue weighted by atomic mass is 10.1. The van der Waals surface area contributed by atoms with E-state index in [4.69, 9.17) is 9.84 Å². The lowest BCUT2D eigenvalue weighted by molar-refractivity contribution is -0.140. The number of unbranched alkanes of at least 4 members (excludes halogenated alkanes) is 1. The molecule has 1 aliphatic heterocycles. The average molecular weight is 319 g/mol. The van der Waals surface area contributed by atoms with Gasteiger partial charge in [0, 0.05) is 25.9 Å². The van der Waals surface area contributed by atoms with Crippen LogP contribution < -0.4 is 0 Å². The Bertz CT molecular complexity index is 503. The molecule has 1 heterocycles. The lowest BCUT2D eigenvalue weighted by Crippen LogP contribution is -2.45. The highest BCUT2D eigenvalue weighted by Crippen LogP contribution is 2.14. The maximum Gasteiger partial charge on any atom is 0.303 e. The number of amides is 1. The molecule has 0 saturated carbocycles. The Morgan fingerprint density at radius 2 is 1.91 bits per heavy atom. The van der Waals surface area contributed by atoms with Gasteiger partial charge in [0.1, 0.15) is 0 Å². The van der Waals surface area contributed by atoms with Gasteiger partial charge in [-0.15, -0.1) is 0 Å². The molecule has 1 aromatic carbocycles. The van der Waals surface area contributed by atoms with Crippen LogP contribution in [0.5, 0.6) is 0 Å². The quantitative estimate of drug-likeness (QED) is 0.748. The zero-order chi connectivity index (χ0) is 16.5. The molecule has 1 aromatic rings. The first-order valence-corrected chi connectivity index (χ1v) is 8.30. The maximum atomic E-state index is 12.2. The lowest BCUT2D eigenvalue weighted by Gasteiger charge is -2.33. The standard InChI is InChI=1S/C18H25NO4/c20-17(8-4-5-9-18(21)22)19-12-13-23-16(14-19)11-10-15-6-2-1-3-7-15/h1-3,6-7,16H,4-5,8-14H2,(H,21,22). The summed E-state index contributed by atoms with van der Waals surface area (Å²) in [5.74, 6) is -0.687. The minimum absolute atomic E-state index is 0.0897. The van der Waals surface area contributed by atoms with Crippen molar-refractivity contribution in [2.75, 3.05) is 19.7 Å².